The molecule has 0 radical (unpaired) electrons. The number of hydrogen-bond donors (Lipinski definition) is 1. The molecule has 38 heavy (non-hydrogen) atoms. The lowest BCUT2D eigenvalue weighted by Gasteiger charge is -2.43. The molecule has 0 aromatic carbocycles. The molecule has 2 saturated carbocycles. The number of piperazine rings is 1. The van der Waals surface area contributed by atoms with E-state index in [4.69, 9.17) is 4.52 Å². The van der Waals surface area contributed by atoms with Crippen molar-refractivity contribution in [3.05, 3.63) is 11.7 Å². The molecule has 2 aliphatic carbocycles. The zero-order valence-electron chi connectivity index (χ0n) is 22.5. The highest BCUT2D eigenvalue weighted by Gasteiger charge is 2.52. The number of likely N-dealkylation sites (tertiary alicyclic amines) is 1. The lowest BCUT2D eigenvalue weighted by atomic mass is 9.79. The highest BCUT2D eigenvalue weighted by Crippen LogP contribution is 2.44. The van der Waals surface area contributed by atoms with Gasteiger partial charge in [0.2, 0.25) is 11.8 Å². The minimum absolute atomic E-state index is 0.250. The number of urea groups is 1. The number of piperidine rings is 1. The van der Waals surface area contributed by atoms with Gasteiger partial charge >= 0.3 is 6.03 Å². The largest absolute Gasteiger partial charge is 0.340 e. The monoisotopic (exact) mass is 540 g/mol. The van der Waals surface area contributed by atoms with Gasteiger partial charge in [-0.3, -0.25) is 9.69 Å². The summed E-state index contributed by atoms with van der Waals surface area (Å²) >= 11 is 0. The van der Waals surface area contributed by atoms with Crippen molar-refractivity contribution in [3.63, 3.8) is 0 Å². The average molecular weight is 541 g/mol. The van der Waals surface area contributed by atoms with Gasteiger partial charge in [0.25, 0.3) is 5.92 Å². The molecule has 0 spiro atoms. The number of carbonyl (C=O) groups excluding carboxylic acids is 2. The van der Waals surface area contributed by atoms with Crippen LogP contribution in [0.2, 0.25) is 0 Å². The molecule has 1 aromatic rings. The lowest BCUT2D eigenvalue weighted by Crippen LogP contribution is -2.62. The topological polar surface area (TPSA) is 94.8 Å². The van der Waals surface area contributed by atoms with Crippen LogP contribution in [0.1, 0.15) is 76.9 Å². The molecule has 4 fully saturated rings. The van der Waals surface area contributed by atoms with Crippen molar-refractivity contribution in [2.24, 2.45) is 5.92 Å². The van der Waals surface area contributed by atoms with E-state index in [9.17, 15) is 14.0 Å². The van der Waals surface area contributed by atoms with Crippen molar-refractivity contribution in [2.75, 3.05) is 39.3 Å². The molecule has 1 N–H and O–H groups in total. The van der Waals surface area contributed by atoms with Gasteiger partial charge in [0.15, 0.2) is 5.82 Å². The predicted molar refractivity (Wildman–Crippen MR) is 133 cm³/mol. The van der Waals surface area contributed by atoms with Crippen molar-refractivity contribution >= 4 is 11.9 Å². The molecule has 2 aliphatic heterocycles. The Morgan fingerprint density at radius 2 is 1.71 bits per heavy atom. The maximum absolute atomic E-state index is 15.1. The van der Waals surface area contributed by atoms with E-state index >= 15 is 8.78 Å². The number of halogens is 3. The first-order chi connectivity index (χ1) is 18.0. The van der Waals surface area contributed by atoms with Crippen LogP contribution in [0.15, 0.2) is 4.52 Å². The van der Waals surface area contributed by atoms with Crippen molar-refractivity contribution in [3.8, 4) is 0 Å². The van der Waals surface area contributed by atoms with Crippen molar-refractivity contribution in [2.45, 2.75) is 94.8 Å². The Bertz CT molecular complexity index is 1020. The number of aromatic nitrogens is 2. The van der Waals surface area contributed by atoms with Crippen LogP contribution in [0, 0.1) is 5.92 Å². The number of hydrogen-bond acceptors (Lipinski definition) is 6. The van der Waals surface area contributed by atoms with Crippen LogP contribution in [-0.4, -0.2) is 100 Å². The number of carbonyl (C=O) groups is 2. The summed E-state index contributed by atoms with van der Waals surface area (Å²) in [5.41, 5.74) is -0.454. The Morgan fingerprint density at radius 3 is 2.32 bits per heavy atom. The summed E-state index contributed by atoms with van der Waals surface area (Å²) in [7, 11) is 0. The van der Waals surface area contributed by atoms with E-state index in [1.54, 1.807) is 4.90 Å². The number of amides is 3. The van der Waals surface area contributed by atoms with Gasteiger partial charge < -0.3 is 19.6 Å². The van der Waals surface area contributed by atoms with E-state index in [1.807, 2.05) is 6.92 Å². The molecule has 4 aliphatic rings. The summed E-state index contributed by atoms with van der Waals surface area (Å²) in [6.45, 7) is 9.28. The summed E-state index contributed by atoms with van der Waals surface area (Å²) < 4.78 is 48.9. The van der Waals surface area contributed by atoms with Crippen molar-refractivity contribution < 1.29 is 27.3 Å². The molecule has 3 amide bonds. The Labute approximate surface area is 221 Å². The van der Waals surface area contributed by atoms with Gasteiger partial charge in [-0.1, -0.05) is 12.1 Å². The van der Waals surface area contributed by atoms with Crippen LogP contribution in [0.3, 0.4) is 0 Å². The van der Waals surface area contributed by atoms with Gasteiger partial charge in [-0.15, -0.1) is 0 Å². The van der Waals surface area contributed by atoms with Crippen LogP contribution in [0.5, 0.6) is 0 Å². The summed E-state index contributed by atoms with van der Waals surface area (Å²) in [6, 6.07) is -1.74. The molecule has 12 heteroatoms. The molecule has 5 rings (SSSR count). The summed E-state index contributed by atoms with van der Waals surface area (Å²) in [6.07, 6.45) is 0.750. The minimum atomic E-state index is -3.16. The smallest absolute Gasteiger partial charge is 0.317 e. The number of alkyl halides is 3. The fourth-order valence-corrected chi connectivity index (χ4v) is 6.04. The summed E-state index contributed by atoms with van der Waals surface area (Å²) in [5.74, 6) is -3.90. The standard InChI is InChI=1S/C26H39F3N6O3/c1-16(2)33-11-13-34(14-12-33)22(36)17-5-4-6-26(28,29)20(17)30-24(37)35-9-7-25(3,8-10-35)23-31-21(38-32-23)18-15-19(18)27/h16-20H,4-15H2,1-3H3,(H,30,37)/t17-,18+,19-,20+/m0/s1. The van der Waals surface area contributed by atoms with E-state index in [-0.39, 0.29) is 24.7 Å². The summed E-state index contributed by atoms with van der Waals surface area (Å²) in [4.78, 5) is 36.4. The molecule has 9 nitrogen and oxygen atoms in total. The van der Waals surface area contributed by atoms with Crippen LogP contribution in [-0.2, 0) is 10.2 Å². The van der Waals surface area contributed by atoms with Crippen LogP contribution >= 0.6 is 0 Å². The zero-order valence-corrected chi connectivity index (χ0v) is 22.5. The molecular formula is C26H39F3N6O3. The maximum atomic E-state index is 15.1. The molecule has 3 heterocycles. The third-order valence-electron chi connectivity index (χ3n) is 9.00. The lowest BCUT2D eigenvalue weighted by molar-refractivity contribution is -0.148. The zero-order chi connectivity index (χ0) is 27.2. The predicted octanol–water partition coefficient (Wildman–Crippen LogP) is 3.31. The van der Waals surface area contributed by atoms with Gasteiger partial charge in [0, 0.05) is 57.1 Å². The van der Waals surface area contributed by atoms with E-state index in [2.05, 4.69) is 34.2 Å². The Balaban J connectivity index is 1.20. The van der Waals surface area contributed by atoms with Crippen molar-refractivity contribution in [1.29, 1.82) is 0 Å². The summed E-state index contributed by atoms with van der Waals surface area (Å²) in [5, 5.41) is 6.62. The van der Waals surface area contributed by atoms with E-state index < -0.39 is 35.5 Å². The fourth-order valence-electron chi connectivity index (χ4n) is 6.04. The maximum Gasteiger partial charge on any atom is 0.317 e. The molecule has 2 saturated heterocycles. The first-order valence-electron chi connectivity index (χ1n) is 13.9. The van der Waals surface area contributed by atoms with Gasteiger partial charge in [-0.05, 0) is 46.0 Å². The van der Waals surface area contributed by atoms with Crippen LogP contribution in [0.4, 0.5) is 18.0 Å². The Hall–Kier alpha value is -2.37. The Morgan fingerprint density at radius 1 is 1.05 bits per heavy atom. The average Bonchev–Trinajstić information content (AvgIpc) is 3.40. The third kappa shape index (κ3) is 5.37. The number of rotatable bonds is 5. The van der Waals surface area contributed by atoms with Gasteiger partial charge in [0.05, 0.1) is 11.8 Å². The Kier molecular flexibility index (Phi) is 7.38. The van der Waals surface area contributed by atoms with Crippen LogP contribution < -0.4 is 5.32 Å². The first-order valence-corrected chi connectivity index (χ1v) is 13.9. The van der Waals surface area contributed by atoms with E-state index in [0.29, 0.717) is 82.7 Å². The van der Waals surface area contributed by atoms with Gasteiger partial charge in [-0.25, -0.2) is 18.0 Å². The highest BCUT2D eigenvalue weighted by molar-refractivity contribution is 5.82. The molecule has 0 unspecified atom stereocenters. The second-order valence-electron chi connectivity index (χ2n) is 12.0. The number of nitrogens with zero attached hydrogens (tertiary/aromatic N) is 5. The normalized spacial score (nSPS) is 31.3. The van der Waals surface area contributed by atoms with E-state index in [0.717, 1.165) is 0 Å². The van der Waals surface area contributed by atoms with Crippen LogP contribution in [0.25, 0.3) is 0 Å². The SMILES string of the molecule is CC(C)N1CCN(C(=O)[C@H]2CCCC(F)(F)[C@@H]2NC(=O)N2CCC(C)(c3noc([C@@H]4C[C@@H]4F)n3)CC2)CC1. The first kappa shape index (κ1) is 27.2. The van der Waals surface area contributed by atoms with Gasteiger partial charge in [0.1, 0.15) is 12.2 Å². The molecule has 212 valence electrons. The van der Waals surface area contributed by atoms with E-state index in [1.165, 1.54) is 4.90 Å². The minimum Gasteiger partial charge on any atom is -0.340 e. The quantitative estimate of drug-likeness (QED) is 0.616. The molecule has 0 bridgehead atoms. The van der Waals surface area contributed by atoms with Crippen molar-refractivity contribution in [1.82, 2.24) is 30.2 Å². The second kappa shape index (κ2) is 10.3. The highest BCUT2D eigenvalue weighted by atomic mass is 19.3. The third-order valence-corrected chi connectivity index (χ3v) is 9.00. The second-order valence-corrected chi connectivity index (χ2v) is 12.0. The number of nitrogens with one attached hydrogen (secondary N) is 1. The fraction of sp³-hybridized carbons (Fsp3) is 0.846. The molecular weight excluding hydrogens is 501 g/mol. The molecule has 4 atom stereocenters. The molecule has 1 aromatic heterocycles. The van der Waals surface area contributed by atoms with Gasteiger partial charge in [-0.2, -0.15) is 4.98 Å².